The van der Waals surface area contributed by atoms with Crippen LogP contribution in [0.2, 0.25) is 0 Å². The summed E-state index contributed by atoms with van der Waals surface area (Å²) < 4.78 is 0. The number of allylic oxidation sites excluding steroid dienone is 1. The predicted octanol–water partition coefficient (Wildman–Crippen LogP) is 1.68. The first-order valence-corrected chi connectivity index (χ1v) is 3.10. The summed E-state index contributed by atoms with van der Waals surface area (Å²) in [6, 6.07) is 1.96. The summed E-state index contributed by atoms with van der Waals surface area (Å²) in [4.78, 5) is 10.8. The van der Waals surface area contributed by atoms with Gasteiger partial charge in [0.05, 0.1) is 6.07 Å². The van der Waals surface area contributed by atoms with Gasteiger partial charge >= 0.3 is 0 Å². The maximum absolute atomic E-state index is 10.8. The fourth-order valence-corrected chi connectivity index (χ4v) is 0.557. The van der Waals surface area contributed by atoms with E-state index in [4.69, 9.17) is 5.26 Å². The molecule has 54 valence electrons. The van der Waals surface area contributed by atoms with Crippen molar-refractivity contribution in [3.05, 3.63) is 12.7 Å². The Morgan fingerprint density at radius 1 is 1.90 bits per heavy atom. The molecule has 0 N–H and O–H groups in total. The Kier molecular flexibility index (Phi) is 2.82. The highest BCUT2D eigenvalue weighted by Crippen LogP contribution is 2.21. The Morgan fingerprint density at radius 2 is 2.40 bits per heavy atom. The zero-order chi connectivity index (χ0) is 8.20. The lowest BCUT2D eigenvalue weighted by atomic mass is 9.85. The van der Waals surface area contributed by atoms with Crippen LogP contribution in [-0.2, 0) is 4.79 Å². The fraction of sp³-hybridized carbons (Fsp3) is 0.500. The summed E-state index contributed by atoms with van der Waals surface area (Å²) in [6.45, 7) is 6.52. The van der Waals surface area contributed by atoms with Gasteiger partial charge in [0.1, 0.15) is 11.2 Å². The Labute approximate surface area is 61.2 Å². The van der Waals surface area contributed by atoms with Crippen LogP contribution in [0.15, 0.2) is 12.7 Å². The third-order valence-electron chi connectivity index (χ3n) is 1.58. The minimum Gasteiger partial charge on any atom is -0.298 e. The van der Waals surface area contributed by atoms with Gasteiger partial charge in [-0.2, -0.15) is 5.26 Å². The molecule has 1 atom stereocenters. The van der Waals surface area contributed by atoms with Crippen molar-refractivity contribution in [3.8, 4) is 6.07 Å². The van der Waals surface area contributed by atoms with E-state index in [9.17, 15) is 4.79 Å². The van der Waals surface area contributed by atoms with Crippen molar-refractivity contribution in [3.63, 3.8) is 0 Å². The SMILES string of the molecule is C=CC[C@@](C)(C#N)C(C)=O. The third kappa shape index (κ3) is 1.70. The highest BCUT2D eigenvalue weighted by atomic mass is 16.1. The van der Waals surface area contributed by atoms with E-state index in [0.29, 0.717) is 6.42 Å². The van der Waals surface area contributed by atoms with Gasteiger partial charge in [0.15, 0.2) is 0 Å². The molecular formula is C8H11NO. The molecular weight excluding hydrogens is 126 g/mol. The van der Waals surface area contributed by atoms with Gasteiger partial charge in [-0.3, -0.25) is 4.79 Å². The molecule has 0 rings (SSSR count). The highest BCUT2D eigenvalue weighted by molar-refractivity contribution is 5.84. The summed E-state index contributed by atoms with van der Waals surface area (Å²) in [7, 11) is 0. The van der Waals surface area contributed by atoms with Gasteiger partial charge in [-0.1, -0.05) is 6.08 Å². The Hall–Kier alpha value is -1.10. The van der Waals surface area contributed by atoms with Crippen LogP contribution in [0.5, 0.6) is 0 Å². The summed E-state index contributed by atoms with van der Waals surface area (Å²) in [5.74, 6) is -0.102. The number of carbonyl (C=O) groups is 1. The zero-order valence-electron chi connectivity index (χ0n) is 6.35. The number of ketones is 1. The molecule has 0 aromatic rings. The minimum absolute atomic E-state index is 0.102. The van der Waals surface area contributed by atoms with Crippen LogP contribution in [0.1, 0.15) is 20.3 Å². The molecule has 0 aromatic carbocycles. The van der Waals surface area contributed by atoms with Crippen LogP contribution in [0, 0.1) is 16.7 Å². The van der Waals surface area contributed by atoms with Crippen molar-refractivity contribution >= 4 is 5.78 Å². The fourth-order valence-electron chi connectivity index (χ4n) is 0.557. The van der Waals surface area contributed by atoms with Crippen molar-refractivity contribution in [1.82, 2.24) is 0 Å². The van der Waals surface area contributed by atoms with Crippen molar-refractivity contribution in [2.24, 2.45) is 5.41 Å². The lowest BCUT2D eigenvalue weighted by Gasteiger charge is -2.13. The topological polar surface area (TPSA) is 40.9 Å². The number of rotatable bonds is 3. The first-order chi connectivity index (χ1) is 4.56. The van der Waals surface area contributed by atoms with E-state index in [1.807, 2.05) is 6.07 Å². The normalized spacial score (nSPS) is 14.9. The molecule has 0 spiro atoms. The second-order valence-corrected chi connectivity index (χ2v) is 2.49. The van der Waals surface area contributed by atoms with Gasteiger partial charge < -0.3 is 0 Å². The molecule has 0 saturated heterocycles. The lowest BCUT2D eigenvalue weighted by molar-refractivity contribution is -0.122. The van der Waals surface area contributed by atoms with Gasteiger partial charge in [0.25, 0.3) is 0 Å². The number of hydrogen-bond donors (Lipinski definition) is 0. The first-order valence-electron chi connectivity index (χ1n) is 3.10. The summed E-state index contributed by atoms with van der Waals surface area (Å²) in [5.41, 5.74) is -0.859. The molecule has 2 heteroatoms. The molecule has 0 fully saturated rings. The van der Waals surface area contributed by atoms with Crippen LogP contribution in [0.25, 0.3) is 0 Å². The number of Topliss-reactive ketones (excluding diaryl/α,β-unsaturated/α-hetero) is 1. The second kappa shape index (κ2) is 3.17. The maximum Gasteiger partial charge on any atom is 0.150 e. The third-order valence-corrected chi connectivity index (χ3v) is 1.58. The molecule has 0 aromatic heterocycles. The number of carbonyl (C=O) groups excluding carboxylic acids is 1. The van der Waals surface area contributed by atoms with Crippen molar-refractivity contribution in [1.29, 1.82) is 5.26 Å². The smallest absolute Gasteiger partial charge is 0.150 e. The molecule has 0 amide bonds. The van der Waals surface area contributed by atoms with Gasteiger partial charge in [-0.15, -0.1) is 6.58 Å². The van der Waals surface area contributed by atoms with Crippen molar-refractivity contribution in [2.75, 3.05) is 0 Å². The Bertz CT molecular complexity index is 190. The number of nitrogens with zero attached hydrogens (tertiary/aromatic N) is 1. The van der Waals surface area contributed by atoms with Gasteiger partial charge in [-0.05, 0) is 20.3 Å². The van der Waals surface area contributed by atoms with E-state index < -0.39 is 5.41 Å². The second-order valence-electron chi connectivity index (χ2n) is 2.49. The van der Waals surface area contributed by atoms with E-state index in [-0.39, 0.29) is 5.78 Å². The molecule has 0 bridgehead atoms. The maximum atomic E-state index is 10.8. The van der Waals surface area contributed by atoms with Gasteiger partial charge in [-0.25, -0.2) is 0 Å². The van der Waals surface area contributed by atoms with Gasteiger partial charge in [0, 0.05) is 0 Å². The number of nitriles is 1. The van der Waals surface area contributed by atoms with E-state index in [1.165, 1.54) is 6.92 Å². The molecule has 0 aliphatic rings. The Balaban J connectivity index is 4.42. The monoisotopic (exact) mass is 137 g/mol. The summed E-state index contributed by atoms with van der Waals surface area (Å²) in [6.07, 6.45) is 2.02. The van der Waals surface area contributed by atoms with Crippen LogP contribution in [0.3, 0.4) is 0 Å². The average molecular weight is 137 g/mol. The largest absolute Gasteiger partial charge is 0.298 e. The molecule has 0 aliphatic heterocycles. The van der Waals surface area contributed by atoms with E-state index in [0.717, 1.165) is 0 Å². The molecule has 0 heterocycles. The van der Waals surface area contributed by atoms with Gasteiger partial charge in [0.2, 0.25) is 0 Å². The Morgan fingerprint density at radius 3 is 2.50 bits per heavy atom. The van der Waals surface area contributed by atoms with Crippen LogP contribution in [0.4, 0.5) is 0 Å². The van der Waals surface area contributed by atoms with Crippen molar-refractivity contribution in [2.45, 2.75) is 20.3 Å². The van der Waals surface area contributed by atoms with Crippen molar-refractivity contribution < 1.29 is 4.79 Å². The molecule has 10 heavy (non-hydrogen) atoms. The molecule has 0 aliphatic carbocycles. The standard InChI is InChI=1S/C8H11NO/c1-4-5-8(3,6-9)7(2)10/h4H,1,5H2,2-3H3/t8-/m0/s1. The molecule has 0 saturated carbocycles. The van der Waals surface area contributed by atoms with E-state index >= 15 is 0 Å². The predicted molar refractivity (Wildman–Crippen MR) is 39.2 cm³/mol. The molecule has 2 nitrogen and oxygen atoms in total. The number of hydrogen-bond acceptors (Lipinski definition) is 2. The first kappa shape index (κ1) is 8.90. The van der Waals surface area contributed by atoms with E-state index in [2.05, 4.69) is 6.58 Å². The van der Waals surface area contributed by atoms with Crippen LogP contribution >= 0.6 is 0 Å². The van der Waals surface area contributed by atoms with Crippen LogP contribution in [-0.4, -0.2) is 5.78 Å². The zero-order valence-corrected chi connectivity index (χ0v) is 6.35. The quantitative estimate of drug-likeness (QED) is 0.555. The molecule has 0 radical (unpaired) electrons. The lowest BCUT2D eigenvalue weighted by Crippen LogP contribution is -2.22. The summed E-state index contributed by atoms with van der Waals surface area (Å²) >= 11 is 0. The highest BCUT2D eigenvalue weighted by Gasteiger charge is 2.27. The average Bonchev–Trinajstić information content (AvgIpc) is 1.88. The van der Waals surface area contributed by atoms with E-state index in [1.54, 1.807) is 13.0 Å². The minimum atomic E-state index is -0.859. The molecule has 0 unspecified atom stereocenters. The summed E-state index contributed by atoms with van der Waals surface area (Å²) in [5, 5.41) is 8.57. The van der Waals surface area contributed by atoms with Crippen LogP contribution < -0.4 is 0 Å².